The van der Waals surface area contributed by atoms with Crippen LogP contribution in [0.1, 0.15) is 4.88 Å². The fraction of sp³-hybridized carbons (Fsp3) is 0.0667. The molecule has 0 aliphatic rings. The maximum absolute atomic E-state index is 13.0. The Bertz CT molecular complexity index is 713. The summed E-state index contributed by atoms with van der Waals surface area (Å²) in [5.41, 5.74) is 0. The monoisotopic (exact) mass is 369 g/mol. The number of hydrogen-bond acceptors (Lipinski definition) is 0. The average Bonchev–Trinajstić information content (AvgIpc) is 2.65. The molecule has 0 aliphatic heterocycles. The number of rotatable bonds is 1. The number of hydrogen-bond donors (Lipinski definition) is 0. The Morgan fingerprint density at radius 3 is 2.44 bits per heavy atom. The van der Waals surface area contributed by atoms with Crippen LogP contribution in [0.25, 0.3) is 15.0 Å². The quantitative estimate of drug-likeness (QED) is 0.385. The zero-order valence-corrected chi connectivity index (χ0v) is 12.8. The smallest absolute Gasteiger partial charge is 0.186 e. The van der Waals surface area contributed by atoms with E-state index in [0.717, 1.165) is 0 Å². The Balaban J connectivity index is 2.28. The van der Waals surface area contributed by atoms with Gasteiger partial charge in [-0.3, -0.25) is 0 Å². The lowest BCUT2D eigenvalue weighted by atomic mass is 10.2. The highest BCUT2D eigenvalue weighted by molar-refractivity contribution is 14.1. The zero-order valence-electron chi connectivity index (χ0n) is 9.78. The van der Waals surface area contributed by atoms with Crippen molar-refractivity contribution in [3.8, 4) is 4.90 Å². The van der Waals surface area contributed by atoms with Gasteiger partial charge in [0.05, 0.1) is 0 Å². The second kappa shape index (κ2) is 4.63. The van der Waals surface area contributed by atoms with E-state index in [-0.39, 0.29) is 16.3 Å². The molecule has 1 atom stereocenters. The van der Waals surface area contributed by atoms with E-state index in [1.807, 2.05) is 12.1 Å². The molecule has 0 aliphatic carbocycles. The van der Waals surface area contributed by atoms with Gasteiger partial charge in [0.1, 0.15) is 5.82 Å². The molecule has 3 aromatic rings. The lowest BCUT2D eigenvalue weighted by molar-refractivity contribution is 0.628. The summed E-state index contributed by atoms with van der Waals surface area (Å²) in [5, 5.41) is 1.30. The molecule has 2 aromatic carbocycles. The molecule has 0 amide bonds. The molecule has 0 spiro atoms. The van der Waals surface area contributed by atoms with E-state index in [0.29, 0.717) is 0 Å². The standard InChI is InChI=1S/C15H11FIS/c1-10-8-11-9-13(17)4-7-15(11)18(10)14-5-2-12(16)3-6-14/h2-9H,1H3/q+1. The van der Waals surface area contributed by atoms with Gasteiger partial charge in [-0.2, -0.15) is 0 Å². The summed E-state index contributed by atoms with van der Waals surface area (Å²) < 4.78 is 15.6. The molecule has 0 N–H and O–H groups in total. The van der Waals surface area contributed by atoms with Gasteiger partial charge in [0, 0.05) is 44.5 Å². The maximum Gasteiger partial charge on any atom is 0.186 e. The third kappa shape index (κ3) is 2.06. The van der Waals surface area contributed by atoms with Gasteiger partial charge in [0.15, 0.2) is 14.5 Å². The van der Waals surface area contributed by atoms with Crippen molar-refractivity contribution in [3.05, 3.63) is 62.8 Å². The van der Waals surface area contributed by atoms with E-state index < -0.39 is 0 Å². The minimum Gasteiger partial charge on any atom is -0.207 e. The third-order valence-electron chi connectivity index (χ3n) is 2.92. The van der Waals surface area contributed by atoms with Crippen molar-refractivity contribution in [2.24, 2.45) is 0 Å². The van der Waals surface area contributed by atoms with Gasteiger partial charge in [0.25, 0.3) is 0 Å². The van der Waals surface area contributed by atoms with Gasteiger partial charge in [-0.15, -0.1) is 0 Å². The topological polar surface area (TPSA) is 0 Å². The van der Waals surface area contributed by atoms with Gasteiger partial charge in [0.2, 0.25) is 0 Å². The first-order valence-electron chi connectivity index (χ1n) is 5.63. The SMILES string of the molecule is Cc1cc2cc(I)ccc2[s+]1-c1ccc(F)cc1. The molecule has 1 unspecified atom stereocenters. The molecule has 0 bridgehead atoms. The highest BCUT2D eigenvalue weighted by Gasteiger charge is 2.20. The van der Waals surface area contributed by atoms with Crippen LogP contribution in [0.4, 0.5) is 4.39 Å². The van der Waals surface area contributed by atoms with Crippen molar-refractivity contribution >= 4 is 43.1 Å². The van der Waals surface area contributed by atoms with Gasteiger partial charge < -0.3 is 0 Å². The molecule has 1 heterocycles. The van der Waals surface area contributed by atoms with Gasteiger partial charge in [-0.05, 0) is 52.9 Å². The highest BCUT2D eigenvalue weighted by atomic mass is 127. The molecule has 1 aromatic heterocycles. The lowest BCUT2D eigenvalue weighted by Crippen LogP contribution is -1.75. The van der Waals surface area contributed by atoms with Crippen LogP contribution in [0.5, 0.6) is 0 Å². The Kier molecular flexibility index (Phi) is 3.11. The van der Waals surface area contributed by atoms with E-state index >= 15 is 0 Å². The molecule has 3 heteroatoms. The van der Waals surface area contributed by atoms with Crippen molar-refractivity contribution in [3.63, 3.8) is 0 Å². The summed E-state index contributed by atoms with van der Waals surface area (Å²) in [6, 6.07) is 15.6. The zero-order chi connectivity index (χ0) is 12.7. The summed E-state index contributed by atoms with van der Waals surface area (Å²) in [5.74, 6) is -0.175. The molecule has 0 fully saturated rings. The fourth-order valence-electron chi connectivity index (χ4n) is 2.15. The Morgan fingerprint density at radius 1 is 1.00 bits per heavy atom. The molecule has 0 radical (unpaired) electrons. The van der Waals surface area contributed by atoms with E-state index in [1.165, 1.54) is 23.4 Å². The van der Waals surface area contributed by atoms with Crippen molar-refractivity contribution in [1.82, 2.24) is 0 Å². The lowest BCUT2D eigenvalue weighted by Gasteiger charge is -1.94. The first kappa shape index (κ1) is 12.1. The maximum atomic E-state index is 13.0. The normalized spacial score (nSPS) is 12.1. The summed E-state index contributed by atoms with van der Waals surface area (Å²) in [6.07, 6.45) is 0. The summed E-state index contributed by atoms with van der Waals surface area (Å²) >= 11 is 2.33. The molecule has 0 saturated heterocycles. The number of aryl methyl sites for hydroxylation is 1. The first-order chi connectivity index (χ1) is 8.65. The van der Waals surface area contributed by atoms with Crippen molar-refractivity contribution in [2.45, 2.75) is 6.92 Å². The molecule has 0 saturated carbocycles. The largest absolute Gasteiger partial charge is 0.207 e. The van der Waals surface area contributed by atoms with E-state index in [2.05, 4.69) is 53.8 Å². The fourth-order valence-corrected chi connectivity index (χ4v) is 4.85. The summed E-state index contributed by atoms with van der Waals surface area (Å²) in [7, 11) is -0.0358. The van der Waals surface area contributed by atoms with Crippen LogP contribution in [-0.4, -0.2) is 0 Å². The predicted molar refractivity (Wildman–Crippen MR) is 85.2 cm³/mol. The molecular weight excluding hydrogens is 358 g/mol. The van der Waals surface area contributed by atoms with E-state index in [1.54, 1.807) is 12.1 Å². The number of fused-ring (bicyclic) bond motifs is 1. The average molecular weight is 369 g/mol. The van der Waals surface area contributed by atoms with Gasteiger partial charge in [-0.25, -0.2) is 4.39 Å². The van der Waals surface area contributed by atoms with Gasteiger partial charge >= 0.3 is 0 Å². The van der Waals surface area contributed by atoms with E-state index in [4.69, 9.17) is 0 Å². The van der Waals surface area contributed by atoms with Crippen LogP contribution in [0, 0.1) is 16.3 Å². The minimum atomic E-state index is -0.175. The number of thiophene rings is 1. The molecule has 90 valence electrons. The molecular formula is C15H11FIS+. The second-order valence-electron chi connectivity index (χ2n) is 4.20. The second-order valence-corrected chi connectivity index (χ2v) is 7.61. The third-order valence-corrected chi connectivity index (χ3v) is 5.91. The van der Waals surface area contributed by atoms with Crippen LogP contribution in [0.3, 0.4) is 0 Å². The Labute approximate surface area is 122 Å². The Morgan fingerprint density at radius 2 is 1.72 bits per heavy atom. The summed E-state index contributed by atoms with van der Waals surface area (Å²) in [4.78, 5) is 2.53. The molecule has 0 nitrogen and oxygen atoms in total. The van der Waals surface area contributed by atoms with Crippen molar-refractivity contribution in [2.75, 3.05) is 0 Å². The van der Waals surface area contributed by atoms with Crippen molar-refractivity contribution in [1.29, 1.82) is 0 Å². The predicted octanol–water partition coefficient (Wildman–Crippen LogP) is 5.63. The van der Waals surface area contributed by atoms with Crippen molar-refractivity contribution < 1.29 is 4.39 Å². The van der Waals surface area contributed by atoms with Crippen LogP contribution < -0.4 is 0 Å². The highest BCUT2D eigenvalue weighted by Crippen LogP contribution is 2.43. The molecule has 3 rings (SSSR count). The minimum absolute atomic E-state index is 0.0358. The summed E-state index contributed by atoms with van der Waals surface area (Å²) in [6.45, 7) is 2.15. The van der Waals surface area contributed by atoms with Crippen LogP contribution in [0.2, 0.25) is 0 Å². The molecule has 18 heavy (non-hydrogen) atoms. The van der Waals surface area contributed by atoms with Crippen LogP contribution >= 0.6 is 33.1 Å². The van der Waals surface area contributed by atoms with Gasteiger partial charge in [-0.1, -0.05) is 0 Å². The number of halogens is 2. The first-order valence-corrected chi connectivity index (χ1v) is 7.93. The van der Waals surface area contributed by atoms with E-state index in [9.17, 15) is 4.39 Å². The van der Waals surface area contributed by atoms with Crippen LogP contribution in [0.15, 0.2) is 48.5 Å². The number of benzene rings is 2. The van der Waals surface area contributed by atoms with Crippen LogP contribution in [-0.2, 0) is 0 Å². The Hall–Kier alpha value is -0.940.